The van der Waals surface area contributed by atoms with E-state index in [9.17, 15) is 4.39 Å². The minimum atomic E-state index is -2.06. The van der Waals surface area contributed by atoms with E-state index in [0.717, 1.165) is 24.8 Å². The van der Waals surface area contributed by atoms with Crippen molar-refractivity contribution in [2.45, 2.75) is 45.3 Å². The smallest absolute Gasteiger partial charge is 0.404 e. The van der Waals surface area contributed by atoms with Crippen molar-refractivity contribution in [3.05, 3.63) is 23.3 Å². The van der Waals surface area contributed by atoms with Crippen LogP contribution in [0.15, 0.2) is 12.1 Å². The van der Waals surface area contributed by atoms with Gasteiger partial charge in [0.25, 0.3) is 0 Å². The summed E-state index contributed by atoms with van der Waals surface area (Å²) in [6.07, 6.45) is 2.76. The van der Waals surface area contributed by atoms with E-state index in [0.29, 0.717) is 18.1 Å². The fourth-order valence-electron chi connectivity index (χ4n) is 2.66. The Hall–Kier alpha value is -1.29. The summed E-state index contributed by atoms with van der Waals surface area (Å²) in [5.74, 6) is 1.00. The van der Waals surface area contributed by atoms with Crippen LogP contribution in [-0.2, 0) is 11.2 Å². The van der Waals surface area contributed by atoms with Crippen molar-refractivity contribution in [2.24, 2.45) is 0 Å². The molecule has 0 aliphatic carbocycles. The second-order valence-electron chi connectivity index (χ2n) is 4.90. The topological polar surface area (TPSA) is 27.7 Å². The molecule has 0 aromatic heterocycles. The van der Waals surface area contributed by atoms with E-state index in [1.165, 1.54) is 12.5 Å². The van der Waals surface area contributed by atoms with Crippen LogP contribution in [0.25, 0.3) is 0 Å². The second kappa shape index (κ2) is 4.12. The Bertz CT molecular complexity index is 470. The Balaban J connectivity index is 2.06. The van der Waals surface area contributed by atoms with Crippen LogP contribution in [0, 0.1) is 0 Å². The van der Waals surface area contributed by atoms with Crippen LogP contribution in [0.2, 0.25) is 0 Å². The molecule has 0 saturated carbocycles. The molecule has 0 bridgehead atoms. The Kier molecular flexibility index (Phi) is 2.70. The highest BCUT2D eigenvalue weighted by Gasteiger charge is 2.41. The van der Waals surface area contributed by atoms with Gasteiger partial charge in [-0.1, -0.05) is 19.4 Å². The molecule has 2 aliphatic rings. The Morgan fingerprint density at radius 1 is 1.39 bits per heavy atom. The van der Waals surface area contributed by atoms with Gasteiger partial charge in [-0.3, -0.25) is 0 Å². The van der Waals surface area contributed by atoms with E-state index in [-0.39, 0.29) is 6.10 Å². The zero-order chi connectivity index (χ0) is 12.8. The average molecular weight is 252 g/mol. The molecule has 1 unspecified atom stereocenters. The van der Waals surface area contributed by atoms with Crippen molar-refractivity contribution in [1.29, 1.82) is 0 Å². The molecule has 2 atom stereocenters. The first kappa shape index (κ1) is 11.8. The van der Waals surface area contributed by atoms with Gasteiger partial charge in [0.15, 0.2) is 11.5 Å². The van der Waals surface area contributed by atoms with Crippen molar-refractivity contribution < 1.29 is 18.6 Å². The molecule has 98 valence electrons. The van der Waals surface area contributed by atoms with E-state index in [4.69, 9.17) is 14.2 Å². The van der Waals surface area contributed by atoms with Crippen LogP contribution < -0.4 is 9.47 Å². The largest absolute Gasteiger partial charge is 0.423 e. The van der Waals surface area contributed by atoms with Crippen LogP contribution in [0.4, 0.5) is 4.39 Å². The fourth-order valence-corrected chi connectivity index (χ4v) is 2.66. The first-order valence-corrected chi connectivity index (χ1v) is 6.45. The van der Waals surface area contributed by atoms with Crippen molar-refractivity contribution in [2.75, 3.05) is 6.61 Å². The predicted molar refractivity (Wildman–Crippen MR) is 64.5 cm³/mol. The molecule has 0 amide bonds. The third kappa shape index (κ3) is 1.85. The molecule has 0 fully saturated rings. The summed E-state index contributed by atoms with van der Waals surface area (Å²) in [5.41, 5.74) is 2.15. The zero-order valence-corrected chi connectivity index (χ0v) is 10.7. The number of alkyl halides is 1. The van der Waals surface area contributed by atoms with Gasteiger partial charge in [0.05, 0.1) is 12.7 Å². The van der Waals surface area contributed by atoms with Gasteiger partial charge >= 0.3 is 6.04 Å². The molecule has 2 aliphatic heterocycles. The summed E-state index contributed by atoms with van der Waals surface area (Å²) in [6, 6.07) is 1.71. The van der Waals surface area contributed by atoms with Crippen LogP contribution in [0.5, 0.6) is 11.5 Å². The van der Waals surface area contributed by atoms with Crippen molar-refractivity contribution in [1.82, 2.24) is 0 Å². The molecule has 3 rings (SSSR count). The van der Waals surface area contributed by atoms with Crippen molar-refractivity contribution >= 4 is 0 Å². The third-order valence-corrected chi connectivity index (χ3v) is 3.39. The number of hydrogen-bond acceptors (Lipinski definition) is 3. The molecular formula is C14H17FO3. The summed E-state index contributed by atoms with van der Waals surface area (Å²) < 4.78 is 30.0. The van der Waals surface area contributed by atoms with E-state index in [1.807, 2.05) is 6.07 Å². The minimum Gasteiger partial charge on any atom is -0.423 e. The Morgan fingerprint density at radius 2 is 2.22 bits per heavy atom. The Morgan fingerprint density at radius 3 is 3.00 bits per heavy atom. The highest BCUT2D eigenvalue weighted by atomic mass is 19.2. The quantitative estimate of drug-likeness (QED) is 0.806. The lowest BCUT2D eigenvalue weighted by molar-refractivity contribution is -0.173. The van der Waals surface area contributed by atoms with Gasteiger partial charge in [-0.05, 0) is 24.5 Å². The molecule has 4 heteroatoms. The van der Waals surface area contributed by atoms with E-state index < -0.39 is 6.04 Å². The molecule has 18 heavy (non-hydrogen) atoms. The maximum absolute atomic E-state index is 13.8. The molecule has 2 heterocycles. The van der Waals surface area contributed by atoms with Gasteiger partial charge in [0.1, 0.15) is 0 Å². The lowest BCUT2D eigenvalue weighted by Crippen LogP contribution is -2.28. The molecule has 0 saturated heterocycles. The van der Waals surface area contributed by atoms with Gasteiger partial charge in [0.2, 0.25) is 0 Å². The summed E-state index contributed by atoms with van der Waals surface area (Å²) in [5, 5.41) is 0. The maximum Gasteiger partial charge on any atom is 0.404 e. The normalized spacial score (nSPS) is 29.2. The Labute approximate surface area is 106 Å². The van der Waals surface area contributed by atoms with Gasteiger partial charge in [-0.15, -0.1) is 0 Å². The van der Waals surface area contributed by atoms with Gasteiger partial charge in [-0.25, -0.2) is 0 Å². The van der Waals surface area contributed by atoms with Crippen LogP contribution in [0.1, 0.15) is 43.9 Å². The standard InChI is InChI=1S/C14H17FO3/c1-3-4-10-12-9(7-8-16-10)5-6-11-13(12)18-14(2,15)17-11/h5-6,10H,3-4,7-8H2,1-2H3/t10-,14?/m1/s1. The van der Waals surface area contributed by atoms with Crippen LogP contribution in [-0.4, -0.2) is 12.6 Å². The van der Waals surface area contributed by atoms with Gasteiger partial charge < -0.3 is 14.2 Å². The SMILES string of the molecule is CCC[C@H]1OCCc2ccc3c(c21)OC(C)(F)O3. The average Bonchev–Trinajstić information content (AvgIpc) is 2.64. The number of ether oxygens (including phenoxy) is 3. The first-order valence-electron chi connectivity index (χ1n) is 6.45. The molecule has 0 radical (unpaired) electrons. The molecule has 1 aromatic rings. The summed E-state index contributed by atoms with van der Waals surface area (Å²) in [7, 11) is 0. The second-order valence-corrected chi connectivity index (χ2v) is 4.90. The highest BCUT2D eigenvalue weighted by molar-refractivity contribution is 5.54. The molecule has 3 nitrogen and oxygen atoms in total. The molecular weight excluding hydrogens is 235 g/mol. The first-order chi connectivity index (χ1) is 8.61. The predicted octanol–water partition coefficient (Wildman–Crippen LogP) is 3.51. The third-order valence-electron chi connectivity index (χ3n) is 3.39. The zero-order valence-electron chi connectivity index (χ0n) is 10.7. The van der Waals surface area contributed by atoms with Crippen LogP contribution in [0.3, 0.4) is 0 Å². The minimum absolute atomic E-state index is 0.00815. The number of halogens is 1. The molecule has 1 aromatic carbocycles. The number of benzene rings is 1. The van der Waals surface area contributed by atoms with Gasteiger partial charge in [0, 0.05) is 12.5 Å². The summed E-state index contributed by atoms with van der Waals surface area (Å²) in [6.45, 7) is 4.10. The highest BCUT2D eigenvalue weighted by Crippen LogP contribution is 2.48. The monoisotopic (exact) mass is 252 g/mol. The maximum atomic E-state index is 13.8. The lowest BCUT2D eigenvalue weighted by atomic mass is 9.93. The number of fused-ring (bicyclic) bond motifs is 3. The van der Waals surface area contributed by atoms with E-state index in [1.54, 1.807) is 6.07 Å². The van der Waals surface area contributed by atoms with E-state index >= 15 is 0 Å². The van der Waals surface area contributed by atoms with Gasteiger partial charge in [-0.2, -0.15) is 4.39 Å². The van der Waals surface area contributed by atoms with E-state index in [2.05, 4.69) is 6.92 Å². The van der Waals surface area contributed by atoms with Crippen LogP contribution >= 0.6 is 0 Å². The fraction of sp³-hybridized carbons (Fsp3) is 0.571. The number of rotatable bonds is 2. The molecule has 0 spiro atoms. The summed E-state index contributed by atoms with van der Waals surface area (Å²) >= 11 is 0. The van der Waals surface area contributed by atoms with Crippen molar-refractivity contribution in [3.63, 3.8) is 0 Å². The lowest BCUT2D eigenvalue weighted by Gasteiger charge is -2.27. The summed E-state index contributed by atoms with van der Waals surface area (Å²) in [4.78, 5) is 0. The number of hydrogen-bond donors (Lipinski definition) is 0. The molecule has 0 N–H and O–H groups in total. The van der Waals surface area contributed by atoms with Crippen molar-refractivity contribution in [3.8, 4) is 11.5 Å².